The van der Waals surface area contributed by atoms with E-state index in [1.807, 2.05) is 47.6 Å². The first-order chi connectivity index (χ1) is 11.1. The third-order valence-corrected chi connectivity index (χ3v) is 5.40. The first-order valence-corrected chi connectivity index (χ1v) is 8.67. The van der Waals surface area contributed by atoms with E-state index in [0.29, 0.717) is 5.75 Å². The maximum absolute atomic E-state index is 12.3. The summed E-state index contributed by atoms with van der Waals surface area (Å²) in [5.41, 5.74) is 3.76. The normalized spacial score (nSPS) is 25.8. The zero-order chi connectivity index (χ0) is 17.8. The van der Waals surface area contributed by atoms with Gasteiger partial charge in [0, 0.05) is 11.5 Å². The summed E-state index contributed by atoms with van der Waals surface area (Å²) >= 11 is 0. The van der Waals surface area contributed by atoms with E-state index < -0.39 is 5.41 Å². The van der Waals surface area contributed by atoms with E-state index >= 15 is 0 Å². The van der Waals surface area contributed by atoms with Crippen LogP contribution in [0.15, 0.2) is 6.07 Å². The molecule has 0 radical (unpaired) electrons. The second-order valence-electron chi connectivity index (χ2n) is 8.20. The maximum atomic E-state index is 12.3. The second-order valence-corrected chi connectivity index (χ2v) is 8.20. The highest BCUT2D eigenvalue weighted by Gasteiger charge is 2.46. The number of carbonyl (C=O) groups excluding carboxylic acids is 2. The van der Waals surface area contributed by atoms with Crippen molar-refractivity contribution in [3.8, 4) is 5.75 Å². The standard InChI is InChI=1S/C20H26O4/c1-10-9-15(23-19(22)20(4,5)6)12(3)16-13(10)7-8-14-11(2)18(21)24-17(14)16/h9,11,14,17H,7-8H2,1-6H3/t11-,14-,17+/m0/s1. The van der Waals surface area contributed by atoms with E-state index in [2.05, 4.69) is 0 Å². The van der Waals surface area contributed by atoms with Crippen molar-refractivity contribution in [3.05, 3.63) is 28.3 Å². The quantitative estimate of drug-likeness (QED) is 0.576. The van der Waals surface area contributed by atoms with Crippen LogP contribution in [0.1, 0.15) is 62.5 Å². The van der Waals surface area contributed by atoms with Crippen LogP contribution in [0.5, 0.6) is 5.75 Å². The fourth-order valence-electron chi connectivity index (χ4n) is 3.78. The largest absolute Gasteiger partial charge is 0.457 e. The van der Waals surface area contributed by atoms with Crippen LogP contribution < -0.4 is 4.74 Å². The highest BCUT2D eigenvalue weighted by molar-refractivity contribution is 5.79. The molecule has 24 heavy (non-hydrogen) atoms. The third-order valence-electron chi connectivity index (χ3n) is 5.40. The summed E-state index contributed by atoms with van der Waals surface area (Å²) in [6.45, 7) is 11.5. The lowest BCUT2D eigenvalue weighted by Crippen LogP contribution is -2.27. The van der Waals surface area contributed by atoms with Crippen LogP contribution in [0, 0.1) is 31.1 Å². The van der Waals surface area contributed by atoms with Crippen molar-refractivity contribution in [3.63, 3.8) is 0 Å². The Kier molecular flexibility index (Phi) is 3.97. The highest BCUT2D eigenvalue weighted by Crippen LogP contribution is 2.49. The molecule has 0 spiro atoms. The van der Waals surface area contributed by atoms with E-state index in [1.54, 1.807) is 0 Å². The van der Waals surface area contributed by atoms with Crippen molar-refractivity contribution in [1.29, 1.82) is 0 Å². The second kappa shape index (κ2) is 5.61. The number of esters is 2. The van der Waals surface area contributed by atoms with Crippen LogP contribution in [0.4, 0.5) is 0 Å². The van der Waals surface area contributed by atoms with Gasteiger partial charge in [-0.3, -0.25) is 9.59 Å². The van der Waals surface area contributed by atoms with E-state index in [1.165, 1.54) is 5.56 Å². The zero-order valence-electron chi connectivity index (χ0n) is 15.4. The highest BCUT2D eigenvalue weighted by atomic mass is 16.6. The maximum Gasteiger partial charge on any atom is 0.316 e. The monoisotopic (exact) mass is 330 g/mol. The minimum Gasteiger partial charge on any atom is -0.457 e. The lowest BCUT2D eigenvalue weighted by Gasteiger charge is -2.31. The van der Waals surface area contributed by atoms with Gasteiger partial charge >= 0.3 is 11.9 Å². The number of hydrogen-bond donors (Lipinski definition) is 0. The van der Waals surface area contributed by atoms with Gasteiger partial charge in [0.15, 0.2) is 0 Å². The molecule has 2 aliphatic rings. The van der Waals surface area contributed by atoms with Crippen LogP contribution in [-0.4, -0.2) is 11.9 Å². The van der Waals surface area contributed by atoms with Gasteiger partial charge in [-0.25, -0.2) is 0 Å². The molecule has 0 bridgehead atoms. The van der Waals surface area contributed by atoms with Gasteiger partial charge in [-0.1, -0.05) is 6.92 Å². The van der Waals surface area contributed by atoms with Crippen molar-refractivity contribution in [2.24, 2.45) is 17.3 Å². The molecule has 0 saturated carbocycles. The van der Waals surface area contributed by atoms with Gasteiger partial charge in [0.2, 0.25) is 0 Å². The van der Waals surface area contributed by atoms with Crippen molar-refractivity contribution in [2.45, 2.75) is 60.5 Å². The lowest BCUT2D eigenvalue weighted by molar-refractivity contribution is -0.145. The fraction of sp³-hybridized carbons (Fsp3) is 0.600. The van der Waals surface area contributed by atoms with Crippen molar-refractivity contribution >= 4 is 11.9 Å². The van der Waals surface area contributed by atoms with Crippen LogP contribution in [-0.2, 0) is 20.7 Å². The Morgan fingerprint density at radius 2 is 1.96 bits per heavy atom. The number of hydrogen-bond acceptors (Lipinski definition) is 4. The first kappa shape index (κ1) is 17.0. The van der Waals surface area contributed by atoms with E-state index in [4.69, 9.17) is 9.47 Å². The SMILES string of the molecule is Cc1cc(OC(=O)C(C)(C)C)c(C)c2c1CC[C@H]1[C@H](C)C(=O)O[C@@H]21. The average Bonchev–Trinajstić information content (AvgIpc) is 2.78. The molecular weight excluding hydrogens is 304 g/mol. The molecule has 1 heterocycles. The van der Waals surface area contributed by atoms with Gasteiger partial charge in [-0.05, 0) is 70.2 Å². The van der Waals surface area contributed by atoms with Gasteiger partial charge in [0.05, 0.1) is 11.3 Å². The molecule has 4 heteroatoms. The predicted octanol–water partition coefficient (Wildman–Crippen LogP) is 4.05. The molecule has 1 aromatic rings. The van der Waals surface area contributed by atoms with Gasteiger partial charge in [0.25, 0.3) is 0 Å². The zero-order valence-corrected chi connectivity index (χ0v) is 15.4. The van der Waals surface area contributed by atoms with Gasteiger partial charge in [-0.2, -0.15) is 0 Å². The van der Waals surface area contributed by atoms with Gasteiger partial charge in [0.1, 0.15) is 11.9 Å². The molecule has 1 saturated heterocycles. The summed E-state index contributed by atoms with van der Waals surface area (Å²) in [6.07, 6.45) is 1.70. The fourth-order valence-corrected chi connectivity index (χ4v) is 3.78. The van der Waals surface area contributed by atoms with E-state index in [9.17, 15) is 9.59 Å². The Balaban J connectivity index is 2.05. The average molecular weight is 330 g/mol. The smallest absolute Gasteiger partial charge is 0.316 e. The molecule has 0 aromatic heterocycles. The minimum absolute atomic E-state index is 0.0661. The summed E-state index contributed by atoms with van der Waals surface area (Å²) < 4.78 is 11.4. The summed E-state index contributed by atoms with van der Waals surface area (Å²) in [6, 6.07) is 1.94. The summed E-state index contributed by atoms with van der Waals surface area (Å²) in [5, 5.41) is 0. The predicted molar refractivity (Wildman–Crippen MR) is 90.8 cm³/mol. The van der Waals surface area contributed by atoms with Crippen LogP contribution in [0.2, 0.25) is 0 Å². The van der Waals surface area contributed by atoms with Crippen molar-refractivity contribution in [2.75, 3.05) is 0 Å². The van der Waals surface area contributed by atoms with Gasteiger partial charge in [-0.15, -0.1) is 0 Å². The third kappa shape index (κ3) is 2.62. The van der Waals surface area contributed by atoms with Crippen LogP contribution in [0.3, 0.4) is 0 Å². The molecule has 1 aliphatic carbocycles. The van der Waals surface area contributed by atoms with E-state index in [-0.39, 0.29) is 29.9 Å². The van der Waals surface area contributed by atoms with Gasteiger partial charge < -0.3 is 9.47 Å². The van der Waals surface area contributed by atoms with Crippen molar-refractivity contribution in [1.82, 2.24) is 0 Å². The Morgan fingerprint density at radius 1 is 1.29 bits per heavy atom. The molecule has 4 nitrogen and oxygen atoms in total. The minimum atomic E-state index is -0.562. The molecule has 1 aromatic carbocycles. The number of rotatable bonds is 1. The van der Waals surface area contributed by atoms with Crippen molar-refractivity contribution < 1.29 is 19.1 Å². The lowest BCUT2D eigenvalue weighted by atomic mass is 9.74. The molecule has 1 aliphatic heterocycles. The number of aryl methyl sites for hydroxylation is 1. The Hall–Kier alpha value is -1.84. The molecular formula is C20H26O4. The summed E-state index contributed by atoms with van der Waals surface area (Å²) in [4.78, 5) is 24.3. The molecule has 0 unspecified atom stereocenters. The Morgan fingerprint density at radius 3 is 2.58 bits per heavy atom. The molecule has 130 valence electrons. The number of ether oxygens (including phenoxy) is 2. The molecule has 3 rings (SSSR count). The summed E-state index contributed by atoms with van der Waals surface area (Å²) in [7, 11) is 0. The van der Waals surface area contributed by atoms with E-state index in [0.717, 1.165) is 29.5 Å². The Bertz CT molecular complexity index is 711. The topological polar surface area (TPSA) is 52.6 Å². The number of benzene rings is 1. The molecule has 0 N–H and O–H groups in total. The first-order valence-electron chi connectivity index (χ1n) is 8.67. The summed E-state index contributed by atoms with van der Waals surface area (Å²) in [5.74, 6) is 0.365. The number of carbonyl (C=O) groups is 2. The molecule has 0 amide bonds. The van der Waals surface area contributed by atoms with Crippen LogP contribution >= 0.6 is 0 Å². The molecule has 1 fully saturated rings. The molecule has 3 atom stereocenters. The van der Waals surface area contributed by atoms with Crippen LogP contribution in [0.25, 0.3) is 0 Å². The Labute approximate surface area is 143 Å². The number of fused-ring (bicyclic) bond motifs is 3.